The van der Waals surface area contributed by atoms with E-state index in [1.807, 2.05) is 18.3 Å². The number of hydrogen-bond donors (Lipinski definition) is 2. The predicted molar refractivity (Wildman–Crippen MR) is 69.5 cm³/mol. The third-order valence-corrected chi connectivity index (χ3v) is 3.24. The van der Waals surface area contributed by atoms with E-state index in [4.69, 9.17) is 5.73 Å². The van der Waals surface area contributed by atoms with Gasteiger partial charge in [-0.15, -0.1) is 0 Å². The summed E-state index contributed by atoms with van der Waals surface area (Å²) in [4.78, 5) is 4.17. The second kappa shape index (κ2) is 4.18. The highest BCUT2D eigenvalue weighted by Gasteiger charge is 2.13. The highest BCUT2D eigenvalue weighted by Crippen LogP contribution is 2.28. The molecule has 0 amide bonds. The molecule has 2 heterocycles. The lowest BCUT2D eigenvalue weighted by atomic mass is 9.92. The zero-order chi connectivity index (χ0) is 11.7. The summed E-state index contributed by atoms with van der Waals surface area (Å²) in [6, 6.07) is 10.4. The van der Waals surface area contributed by atoms with Crippen molar-refractivity contribution in [2.75, 3.05) is 12.3 Å². The summed E-state index contributed by atoms with van der Waals surface area (Å²) in [5, 5.41) is 3.39. The SMILES string of the molecule is Nc1ccc(-c2cccc3c2CCNC3)cn1. The molecule has 17 heavy (non-hydrogen) atoms. The number of anilines is 1. The van der Waals surface area contributed by atoms with Gasteiger partial charge >= 0.3 is 0 Å². The molecule has 3 rings (SSSR count). The molecule has 0 fully saturated rings. The Morgan fingerprint density at radius 2 is 2.12 bits per heavy atom. The first-order valence-electron chi connectivity index (χ1n) is 5.88. The van der Waals surface area contributed by atoms with Crippen molar-refractivity contribution >= 4 is 5.82 Å². The number of hydrogen-bond acceptors (Lipinski definition) is 3. The fourth-order valence-electron chi connectivity index (χ4n) is 2.37. The summed E-state index contributed by atoms with van der Waals surface area (Å²) in [6.07, 6.45) is 2.93. The normalized spacial score (nSPS) is 14.4. The van der Waals surface area contributed by atoms with Gasteiger partial charge in [-0.05, 0) is 41.8 Å². The van der Waals surface area contributed by atoms with Crippen LogP contribution < -0.4 is 11.1 Å². The lowest BCUT2D eigenvalue weighted by Gasteiger charge is -2.20. The smallest absolute Gasteiger partial charge is 0.123 e. The molecule has 0 saturated carbocycles. The molecular formula is C14H15N3. The van der Waals surface area contributed by atoms with Gasteiger partial charge in [-0.2, -0.15) is 0 Å². The molecule has 0 atom stereocenters. The quantitative estimate of drug-likeness (QED) is 0.780. The molecule has 3 N–H and O–H groups in total. The molecule has 1 aliphatic rings. The molecule has 3 heteroatoms. The summed E-state index contributed by atoms with van der Waals surface area (Å²) in [7, 11) is 0. The summed E-state index contributed by atoms with van der Waals surface area (Å²) in [5.41, 5.74) is 10.9. The van der Waals surface area contributed by atoms with Crippen molar-refractivity contribution < 1.29 is 0 Å². The van der Waals surface area contributed by atoms with Crippen molar-refractivity contribution in [3.63, 3.8) is 0 Å². The highest BCUT2D eigenvalue weighted by molar-refractivity contribution is 5.69. The zero-order valence-electron chi connectivity index (χ0n) is 9.61. The van der Waals surface area contributed by atoms with Gasteiger partial charge in [0, 0.05) is 18.3 Å². The number of nitrogens with one attached hydrogen (secondary N) is 1. The number of aromatic nitrogens is 1. The summed E-state index contributed by atoms with van der Waals surface area (Å²) >= 11 is 0. The molecule has 2 aromatic rings. The number of nitrogen functional groups attached to an aromatic ring is 1. The Bertz CT molecular complexity index is 532. The molecule has 0 unspecified atom stereocenters. The second-order valence-corrected chi connectivity index (χ2v) is 4.34. The van der Waals surface area contributed by atoms with E-state index >= 15 is 0 Å². The lowest BCUT2D eigenvalue weighted by Crippen LogP contribution is -2.24. The Morgan fingerprint density at radius 1 is 1.18 bits per heavy atom. The van der Waals surface area contributed by atoms with Crippen molar-refractivity contribution in [3.8, 4) is 11.1 Å². The average molecular weight is 225 g/mol. The average Bonchev–Trinajstić information content (AvgIpc) is 2.39. The topological polar surface area (TPSA) is 50.9 Å². The highest BCUT2D eigenvalue weighted by atomic mass is 14.9. The minimum Gasteiger partial charge on any atom is -0.384 e. The van der Waals surface area contributed by atoms with E-state index in [0.29, 0.717) is 5.82 Å². The van der Waals surface area contributed by atoms with Crippen LogP contribution in [0.5, 0.6) is 0 Å². The molecule has 3 nitrogen and oxygen atoms in total. The van der Waals surface area contributed by atoms with Crippen LogP contribution in [0.15, 0.2) is 36.5 Å². The minimum absolute atomic E-state index is 0.570. The summed E-state index contributed by atoms with van der Waals surface area (Å²) in [6.45, 7) is 2.01. The lowest BCUT2D eigenvalue weighted by molar-refractivity contribution is 0.645. The van der Waals surface area contributed by atoms with Crippen molar-refractivity contribution in [3.05, 3.63) is 47.7 Å². The molecule has 0 aliphatic carbocycles. The molecule has 0 bridgehead atoms. The number of nitrogens with zero attached hydrogens (tertiary/aromatic N) is 1. The largest absolute Gasteiger partial charge is 0.384 e. The first kappa shape index (κ1) is 10.3. The van der Waals surface area contributed by atoms with Gasteiger partial charge in [0.1, 0.15) is 5.82 Å². The van der Waals surface area contributed by atoms with Crippen LogP contribution >= 0.6 is 0 Å². The Hall–Kier alpha value is -1.87. The van der Waals surface area contributed by atoms with Gasteiger partial charge in [-0.25, -0.2) is 4.98 Å². The van der Waals surface area contributed by atoms with Crippen molar-refractivity contribution in [1.29, 1.82) is 0 Å². The summed E-state index contributed by atoms with van der Waals surface area (Å²) < 4.78 is 0. The van der Waals surface area contributed by atoms with Gasteiger partial charge in [-0.3, -0.25) is 0 Å². The Morgan fingerprint density at radius 3 is 2.94 bits per heavy atom. The van der Waals surface area contributed by atoms with Gasteiger partial charge in [0.25, 0.3) is 0 Å². The molecule has 0 saturated heterocycles. The van der Waals surface area contributed by atoms with Gasteiger partial charge in [-0.1, -0.05) is 18.2 Å². The van der Waals surface area contributed by atoms with Crippen molar-refractivity contribution in [1.82, 2.24) is 10.3 Å². The molecule has 86 valence electrons. The fraction of sp³-hybridized carbons (Fsp3) is 0.214. The molecule has 1 aromatic carbocycles. The first-order chi connectivity index (χ1) is 8.34. The van der Waals surface area contributed by atoms with Crippen LogP contribution in [-0.4, -0.2) is 11.5 Å². The third kappa shape index (κ3) is 1.89. The van der Waals surface area contributed by atoms with Gasteiger partial charge < -0.3 is 11.1 Å². The van der Waals surface area contributed by atoms with Crippen LogP contribution in [0, 0.1) is 0 Å². The minimum atomic E-state index is 0.570. The molecule has 1 aliphatic heterocycles. The Kier molecular flexibility index (Phi) is 2.53. The monoisotopic (exact) mass is 225 g/mol. The van der Waals surface area contributed by atoms with E-state index in [1.54, 1.807) is 0 Å². The maximum Gasteiger partial charge on any atom is 0.123 e. The molecule has 0 radical (unpaired) electrons. The maximum atomic E-state index is 5.62. The molecule has 0 spiro atoms. The van der Waals surface area contributed by atoms with Gasteiger partial charge in [0.15, 0.2) is 0 Å². The van der Waals surface area contributed by atoms with Crippen LogP contribution in [-0.2, 0) is 13.0 Å². The number of rotatable bonds is 1. The molecule has 1 aromatic heterocycles. The van der Waals surface area contributed by atoms with Gasteiger partial charge in [0.2, 0.25) is 0 Å². The van der Waals surface area contributed by atoms with E-state index in [9.17, 15) is 0 Å². The maximum absolute atomic E-state index is 5.62. The van der Waals surface area contributed by atoms with Crippen molar-refractivity contribution in [2.24, 2.45) is 0 Å². The molecular weight excluding hydrogens is 210 g/mol. The van der Waals surface area contributed by atoms with Crippen LogP contribution in [0.1, 0.15) is 11.1 Å². The first-order valence-corrected chi connectivity index (χ1v) is 5.88. The van der Waals surface area contributed by atoms with E-state index in [0.717, 1.165) is 25.1 Å². The van der Waals surface area contributed by atoms with E-state index in [-0.39, 0.29) is 0 Å². The van der Waals surface area contributed by atoms with Crippen LogP contribution in [0.3, 0.4) is 0 Å². The second-order valence-electron chi connectivity index (χ2n) is 4.34. The number of fused-ring (bicyclic) bond motifs is 1. The Balaban J connectivity index is 2.11. The standard InChI is InChI=1S/C14H15N3/c15-14-5-4-11(9-17-14)12-3-1-2-10-8-16-7-6-13(10)12/h1-5,9,16H,6-8H2,(H2,15,17). The van der Waals surface area contributed by atoms with E-state index in [2.05, 4.69) is 28.5 Å². The fourth-order valence-corrected chi connectivity index (χ4v) is 2.37. The third-order valence-electron chi connectivity index (χ3n) is 3.24. The van der Waals surface area contributed by atoms with E-state index < -0.39 is 0 Å². The van der Waals surface area contributed by atoms with Crippen LogP contribution in [0.4, 0.5) is 5.82 Å². The van der Waals surface area contributed by atoms with Crippen LogP contribution in [0.2, 0.25) is 0 Å². The zero-order valence-corrected chi connectivity index (χ0v) is 9.61. The Labute approximate surface area is 101 Å². The number of benzene rings is 1. The number of nitrogens with two attached hydrogens (primary N) is 1. The van der Waals surface area contributed by atoms with Gasteiger partial charge in [0.05, 0.1) is 0 Å². The van der Waals surface area contributed by atoms with E-state index in [1.165, 1.54) is 16.7 Å². The predicted octanol–water partition coefficient (Wildman–Crippen LogP) is 1.98. The number of pyridine rings is 1. The van der Waals surface area contributed by atoms with Crippen molar-refractivity contribution in [2.45, 2.75) is 13.0 Å². The van der Waals surface area contributed by atoms with Crippen LogP contribution in [0.25, 0.3) is 11.1 Å². The summed E-state index contributed by atoms with van der Waals surface area (Å²) in [5.74, 6) is 0.570.